The molecular weight excluding hydrogens is 302 g/mol. The van der Waals surface area contributed by atoms with E-state index in [4.69, 9.17) is 4.74 Å². The van der Waals surface area contributed by atoms with Crippen molar-refractivity contribution in [2.45, 2.75) is 13.0 Å². The van der Waals surface area contributed by atoms with Crippen molar-refractivity contribution in [3.05, 3.63) is 63.1 Å². The van der Waals surface area contributed by atoms with Crippen LogP contribution in [-0.4, -0.2) is 22.5 Å². The van der Waals surface area contributed by atoms with Crippen molar-refractivity contribution >= 4 is 17.3 Å². The smallest absolute Gasteiger partial charge is 0.285 e. The number of pyridine rings is 1. The van der Waals surface area contributed by atoms with E-state index in [0.717, 1.165) is 22.9 Å². The number of nitrogens with one attached hydrogen (secondary N) is 1. The third kappa shape index (κ3) is 3.73. The first kappa shape index (κ1) is 16.2. The summed E-state index contributed by atoms with van der Waals surface area (Å²) in [6.07, 6.45) is 1.06. The standard InChI is InChI=1S/C15H15N3O5/c1-10(17-9-12(18(21)22)5-8-14(17)19)15(20)16-11-3-6-13(23-2)7-4-11/h3-10H,1-2H3,(H,16,20). The minimum Gasteiger partial charge on any atom is -0.497 e. The van der Waals surface area contributed by atoms with Crippen LogP contribution >= 0.6 is 0 Å². The van der Waals surface area contributed by atoms with Crippen LogP contribution in [0.25, 0.3) is 0 Å². The molecule has 1 atom stereocenters. The summed E-state index contributed by atoms with van der Waals surface area (Å²) < 4.78 is 6.05. The van der Waals surface area contributed by atoms with Gasteiger partial charge in [0.25, 0.3) is 11.2 Å². The monoisotopic (exact) mass is 317 g/mol. The Labute approximate surface area is 131 Å². The van der Waals surface area contributed by atoms with Crippen LogP contribution in [0, 0.1) is 10.1 Å². The van der Waals surface area contributed by atoms with Gasteiger partial charge in [-0.1, -0.05) is 0 Å². The molecule has 0 bridgehead atoms. The van der Waals surface area contributed by atoms with Crippen molar-refractivity contribution in [2.24, 2.45) is 0 Å². The van der Waals surface area contributed by atoms with Gasteiger partial charge < -0.3 is 10.1 Å². The number of rotatable bonds is 5. The van der Waals surface area contributed by atoms with Crippen LogP contribution in [0.1, 0.15) is 13.0 Å². The summed E-state index contributed by atoms with van der Waals surface area (Å²) in [5, 5.41) is 13.4. The summed E-state index contributed by atoms with van der Waals surface area (Å²) in [7, 11) is 1.53. The maximum absolute atomic E-state index is 12.2. The zero-order valence-corrected chi connectivity index (χ0v) is 12.6. The van der Waals surface area contributed by atoms with E-state index in [1.807, 2.05) is 0 Å². The molecule has 1 unspecified atom stereocenters. The normalized spacial score (nSPS) is 11.6. The van der Waals surface area contributed by atoms with E-state index in [-0.39, 0.29) is 5.69 Å². The summed E-state index contributed by atoms with van der Waals surface area (Å²) >= 11 is 0. The number of hydrogen-bond donors (Lipinski definition) is 1. The average Bonchev–Trinajstić information content (AvgIpc) is 2.55. The number of amides is 1. The maximum Gasteiger partial charge on any atom is 0.285 e. The van der Waals surface area contributed by atoms with Gasteiger partial charge in [0.2, 0.25) is 5.91 Å². The van der Waals surface area contributed by atoms with E-state index >= 15 is 0 Å². The first-order valence-corrected chi connectivity index (χ1v) is 6.74. The van der Waals surface area contributed by atoms with Crippen molar-refractivity contribution in [3.8, 4) is 5.75 Å². The Hall–Kier alpha value is -3.16. The van der Waals surface area contributed by atoms with Crippen LogP contribution in [0.3, 0.4) is 0 Å². The zero-order chi connectivity index (χ0) is 17.0. The lowest BCUT2D eigenvalue weighted by molar-refractivity contribution is -0.385. The second kappa shape index (κ2) is 6.73. The maximum atomic E-state index is 12.2. The highest BCUT2D eigenvalue weighted by atomic mass is 16.6. The van der Waals surface area contributed by atoms with Gasteiger partial charge in [0, 0.05) is 17.8 Å². The fraction of sp³-hybridized carbons (Fsp3) is 0.200. The number of nitrogens with zero attached hydrogens (tertiary/aromatic N) is 2. The Morgan fingerprint density at radius 1 is 1.26 bits per heavy atom. The highest BCUT2D eigenvalue weighted by Gasteiger charge is 2.18. The number of anilines is 1. The first-order valence-electron chi connectivity index (χ1n) is 6.74. The molecule has 120 valence electrons. The van der Waals surface area contributed by atoms with Crippen LogP contribution in [0.5, 0.6) is 5.75 Å². The number of carbonyl (C=O) groups excluding carboxylic acids is 1. The fourth-order valence-electron chi connectivity index (χ4n) is 1.95. The molecule has 0 aliphatic heterocycles. The first-order chi connectivity index (χ1) is 10.9. The molecule has 1 amide bonds. The molecule has 1 aromatic carbocycles. The Kier molecular flexibility index (Phi) is 4.75. The fourth-order valence-corrected chi connectivity index (χ4v) is 1.95. The molecule has 1 aromatic heterocycles. The Bertz CT molecular complexity index is 782. The van der Waals surface area contributed by atoms with Crippen LogP contribution < -0.4 is 15.6 Å². The lowest BCUT2D eigenvalue weighted by atomic mass is 10.2. The van der Waals surface area contributed by atoms with Gasteiger partial charge in [-0.2, -0.15) is 0 Å². The molecule has 0 spiro atoms. The largest absolute Gasteiger partial charge is 0.497 e. The Morgan fingerprint density at radius 2 is 1.91 bits per heavy atom. The van der Waals surface area contributed by atoms with Gasteiger partial charge in [-0.3, -0.25) is 24.3 Å². The molecule has 0 aliphatic carbocycles. The van der Waals surface area contributed by atoms with Crippen LogP contribution in [0.4, 0.5) is 11.4 Å². The van der Waals surface area contributed by atoms with Gasteiger partial charge in [-0.05, 0) is 31.2 Å². The van der Waals surface area contributed by atoms with Gasteiger partial charge in [0.15, 0.2) is 0 Å². The molecule has 8 nitrogen and oxygen atoms in total. The van der Waals surface area contributed by atoms with E-state index in [9.17, 15) is 19.7 Å². The number of carbonyl (C=O) groups is 1. The van der Waals surface area contributed by atoms with Crippen LogP contribution in [0.15, 0.2) is 47.4 Å². The molecule has 23 heavy (non-hydrogen) atoms. The van der Waals surface area contributed by atoms with E-state index in [2.05, 4.69) is 5.32 Å². The third-order valence-electron chi connectivity index (χ3n) is 3.29. The highest BCUT2D eigenvalue weighted by molar-refractivity contribution is 5.93. The van der Waals surface area contributed by atoms with Gasteiger partial charge >= 0.3 is 0 Å². The number of benzene rings is 1. The van der Waals surface area contributed by atoms with Crippen molar-refractivity contribution in [2.75, 3.05) is 12.4 Å². The van der Waals surface area contributed by atoms with Gasteiger partial charge in [-0.15, -0.1) is 0 Å². The molecule has 0 radical (unpaired) electrons. The topological polar surface area (TPSA) is 103 Å². The molecule has 0 saturated heterocycles. The highest BCUT2D eigenvalue weighted by Crippen LogP contribution is 2.17. The second-order valence-corrected chi connectivity index (χ2v) is 4.78. The summed E-state index contributed by atoms with van der Waals surface area (Å²) in [6.45, 7) is 1.49. The van der Waals surface area contributed by atoms with Crippen molar-refractivity contribution in [1.82, 2.24) is 4.57 Å². The minimum atomic E-state index is -0.899. The second-order valence-electron chi connectivity index (χ2n) is 4.78. The molecule has 0 aliphatic rings. The molecule has 0 fully saturated rings. The minimum absolute atomic E-state index is 0.256. The number of hydrogen-bond acceptors (Lipinski definition) is 5. The quantitative estimate of drug-likeness (QED) is 0.670. The predicted molar refractivity (Wildman–Crippen MR) is 83.7 cm³/mol. The van der Waals surface area contributed by atoms with Crippen molar-refractivity contribution in [3.63, 3.8) is 0 Å². The Morgan fingerprint density at radius 3 is 2.48 bits per heavy atom. The average molecular weight is 317 g/mol. The molecule has 8 heteroatoms. The summed E-state index contributed by atoms with van der Waals surface area (Å²) in [5.41, 5.74) is -0.220. The van der Waals surface area contributed by atoms with Gasteiger partial charge in [0.1, 0.15) is 11.8 Å². The summed E-state index contributed by atoms with van der Waals surface area (Å²) in [4.78, 5) is 34.2. The summed E-state index contributed by atoms with van der Waals surface area (Å²) in [5.74, 6) is 0.184. The number of ether oxygens (including phenoxy) is 1. The molecule has 2 rings (SSSR count). The van der Waals surface area contributed by atoms with Crippen molar-refractivity contribution < 1.29 is 14.5 Å². The molecule has 0 saturated carbocycles. The number of aromatic nitrogens is 1. The molecule has 2 aromatic rings. The zero-order valence-electron chi connectivity index (χ0n) is 12.6. The Balaban J connectivity index is 2.20. The van der Waals surface area contributed by atoms with E-state index in [1.165, 1.54) is 14.0 Å². The van der Waals surface area contributed by atoms with Crippen LogP contribution in [0.2, 0.25) is 0 Å². The molecule has 1 heterocycles. The molecular formula is C15H15N3O5. The lowest BCUT2D eigenvalue weighted by Gasteiger charge is -2.15. The third-order valence-corrected chi connectivity index (χ3v) is 3.29. The van der Waals surface area contributed by atoms with Crippen LogP contribution in [-0.2, 0) is 4.79 Å². The van der Waals surface area contributed by atoms with E-state index < -0.39 is 22.4 Å². The van der Waals surface area contributed by atoms with Crippen molar-refractivity contribution in [1.29, 1.82) is 0 Å². The van der Waals surface area contributed by atoms with Gasteiger partial charge in [0.05, 0.1) is 18.2 Å². The van der Waals surface area contributed by atoms with E-state index in [0.29, 0.717) is 11.4 Å². The van der Waals surface area contributed by atoms with E-state index in [1.54, 1.807) is 24.3 Å². The number of methoxy groups -OCH3 is 1. The summed E-state index contributed by atoms with van der Waals surface area (Å²) in [6, 6.07) is 7.94. The predicted octanol–water partition coefficient (Wildman–Crippen LogP) is 1.96. The van der Waals surface area contributed by atoms with Gasteiger partial charge in [-0.25, -0.2) is 0 Å². The molecule has 1 N–H and O–H groups in total. The number of nitro groups is 1. The lowest BCUT2D eigenvalue weighted by Crippen LogP contribution is -2.31. The SMILES string of the molecule is COc1ccc(NC(=O)C(C)n2cc([N+](=O)[O-])ccc2=O)cc1.